The van der Waals surface area contributed by atoms with Gasteiger partial charge in [-0.05, 0) is 44.4 Å². The number of hydrogen-bond acceptors (Lipinski definition) is 3. The highest BCUT2D eigenvalue weighted by molar-refractivity contribution is 4.82. The van der Waals surface area contributed by atoms with Crippen molar-refractivity contribution in [3.8, 4) is 0 Å². The minimum Gasteiger partial charge on any atom is -0.381 e. The van der Waals surface area contributed by atoms with Gasteiger partial charge in [0.05, 0.1) is 6.61 Å². The Balaban J connectivity index is 1.42. The van der Waals surface area contributed by atoms with Gasteiger partial charge >= 0.3 is 0 Å². The fourth-order valence-corrected chi connectivity index (χ4v) is 2.28. The second-order valence-corrected chi connectivity index (χ2v) is 5.21. The molecular weight excluding hydrogens is 202 g/mol. The van der Waals surface area contributed by atoms with Crippen LogP contribution in [0.5, 0.6) is 0 Å². The Kier molecular flexibility index (Phi) is 5.07. The number of hydrogen-bond donors (Lipinski definition) is 1. The molecule has 1 heterocycles. The molecule has 94 valence electrons. The van der Waals surface area contributed by atoms with Gasteiger partial charge in [-0.15, -0.1) is 0 Å². The molecule has 1 atom stereocenters. The lowest BCUT2D eigenvalue weighted by Crippen LogP contribution is -2.31. The molecule has 0 radical (unpaired) electrons. The van der Waals surface area contributed by atoms with Gasteiger partial charge in [-0.1, -0.05) is 0 Å². The van der Waals surface area contributed by atoms with E-state index < -0.39 is 0 Å². The second-order valence-electron chi connectivity index (χ2n) is 5.21. The van der Waals surface area contributed by atoms with E-state index in [0.29, 0.717) is 6.04 Å². The maximum Gasteiger partial charge on any atom is 0.0591 e. The highest BCUT2D eigenvalue weighted by Crippen LogP contribution is 2.32. The molecule has 0 aromatic carbocycles. The quantitative estimate of drug-likeness (QED) is 0.673. The number of rotatable bonds is 7. The topological polar surface area (TPSA) is 30.5 Å². The summed E-state index contributed by atoms with van der Waals surface area (Å²) >= 11 is 0. The van der Waals surface area contributed by atoms with E-state index in [1.807, 2.05) is 0 Å². The summed E-state index contributed by atoms with van der Waals surface area (Å²) in [7, 11) is 0. The van der Waals surface area contributed by atoms with Crippen LogP contribution >= 0.6 is 0 Å². The summed E-state index contributed by atoms with van der Waals surface area (Å²) in [5, 5.41) is 3.53. The molecule has 1 aliphatic heterocycles. The minimum absolute atomic E-state index is 0.687. The van der Waals surface area contributed by atoms with Crippen LogP contribution in [0.1, 0.15) is 32.6 Å². The average molecular weight is 227 g/mol. The summed E-state index contributed by atoms with van der Waals surface area (Å²) in [5.41, 5.74) is 0. The van der Waals surface area contributed by atoms with Crippen LogP contribution in [0.2, 0.25) is 0 Å². The minimum atomic E-state index is 0.687. The zero-order valence-electron chi connectivity index (χ0n) is 10.4. The number of ether oxygens (including phenoxy) is 2. The third-order valence-corrected chi connectivity index (χ3v) is 3.74. The van der Waals surface area contributed by atoms with Gasteiger partial charge in [-0.25, -0.2) is 0 Å². The molecule has 0 bridgehead atoms. The zero-order chi connectivity index (χ0) is 11.2. The Morgan fingerprint density at radius 1 is 1.25 bits per heavy atom. The van der Waals surface area contributed by atoms with Gasteiger partial charge < -0.3 is 14.8 Å². The van der Waals surface area contributed by atoms with Gasteiger partial charge in [0.1, 0.15) is 0 Å². The second kappa shape index (κ2) is 6.58. The first-order valence-electron chi connectivity index (χ1n) is 6.75. The molecule has 1 aliphatic carbocycles. The van der Waals surface area contributed by atoms with Crippen molar-refractivity contribution in [3.63, 3.8) is 0 Å². The first kappa shape index (κ1) is 12.3. The van der Waals surface area contributed by atoms with Gasteiger partial charge in [-0.3, -0.25) is 0 Å². The van der Waals surface area contributed by atoms with E-state index >= 15 is 0 Å². The van der Waals surface area contributed by atoms with Crippen molar-refractivity contribution in [2.75, 3.05) is 33.0 Å². The molecule has 3 nitrogen and oxygen atoms in total. The van der Waals surface area contributed by atoms with E-state index in [-0.39, 0.29) is 0 Å². The van der Waals surface area contributed by atoms with E-state index in [9.17, 15) is 0 Å². The highest BCUT2D eigenvalue weighted by Gasteiger charge is 2.27. The predicted molar refractivity (Wildman–Crippen MR) is 64.6 cm³/mol. The van der Waals surface area contributed by atoms with Crippen LogP contribution in [0.25, 0.3) is 0 Å². The monoisotopic (exact) mass is 227 g/mol. The van der Waals surface area contributed by atoms with Crippen LogP contribution in [0, 0.1) is 11.8 Å². The Morgan fingerprint density at radius 2 is 2.00 bits per heavy atom. The van der Waals surface area contributed by atoms with Gasteiger partial charge in [0.2, 0.25) is 0 Å². The number of nitrogens with one attached hydrogen (secondary N) is 1. The molecule has 1 unspecified atom stereocenters. The van der Waals surface area contributed by atoms with Gasteiger partial charge in [0.15, 0.2) is 0 Å². The molecule has 2 aliphatic rings. The van der Waals surface area contributed by atoms with E-state index in [1.165, 1.54) is 25.7 Å². The molecule has 16 heavy (non-hydrogen) atoms. The molecular formula is C13H25NO2. The fourth-order valence-electron chi connectivity index (χ4n) is 2.28. The normalized spacial score (nSPS) is 24.6. The molecule has 1 saturated carbocycles. The van der Waals surface area contributed by atoms with E-state index in [0.717, 1.165) is 44.8 Å². The highest BCUT2D eigenvalue weighted by atomic mass is 16.5. The standard InChI is InChI=1S/C13H25NO2/c1-11(13-2-3-13)14-6-9-16-10-12-4-7-15-8-5-12/h11-14H,2-10H2,1H3. The average Bonchev–Trinajstić information content (AvgIpc) is 3.13. The Morgan fingerprint density at radius 3 is 2.69 bits per heavy atom. The van der Waals surface area contributed by atoms with E-state index in [4.69, 9.17) is 9.47 Å². The first-order chi connectivity index (χ1) is 7.86. The molecule has 0 aromatic rings. The first-order valence-corrected chi connectivity index (χ1v) is 6.75. The summed E-state index contributed by atoms with van der Waals surface area (Å²) in [6.45, 7) is 6.91. The summed E-state index contributed by atoms with van der Waals surface area (Å²) in [4.78, 5) is 0. The van der Waals surface area contributed by atoms with Crippen LogP contribution in [-0.4, -0.2) is 39.0 Å². The lowest BCUT2D eigenvalue weighted by atomic mass is 10.0. The molecule has 2 fully saturated rings. The largest absolute Gasteiger partial charge is 0.381 e. The van der Waals surface area contributed by atoms with Gasteiger partial charge in [0.25, 0.3) is 0 Å². The molecule has 0 aromatic heterocycles. The van der Waals surface area contributed by atoms with Crippen molar-refractivity contribution in [1.82, 2.24) is 5.32 Å². The van der Waals surface area contributed by atoms with Crippen molar-refractivity contribution < 1.29 is 9.47 Å². The Hall–Kier alpha value is -0.120. The third kappa shape index (κ3) is 4.40. The smallest absolute Gasteiger partial charge is 0.0591 e. The molecule has 3 heteroatoms. The van der Waals surface area contributed by atoms with Crippen molar-refractivity contribution >= 4 is 0 Å². The van der Waals surface area contributed by atoms with Crippen LogP contribution in [0.3, 0.4) is 0 Å². The maximum absolute atomic E-state index is 5.71. The van der Waals surface area contributed by atoms with Crippen LogP contribution in [-0.2, 0) is 9.47 Å². The Labute approximate surface area is 98.9 Å². The lowest BCUT2D eigenvalue weighted by molar-refractivity contribution is 0.0210. The van der Waals surface area contributed by atoms with Crippen LogP contribution in [0.15, 0.2) is 0 Å². The van der Waals surface area contributed by atoms with E-state index in [2.05, 4.69) is 12.2 Å². The van der Waals surface area contributed by atoms with Crippen molar-refractivity contribution in [1.29, 1.82) is 0 Å². The summed E-state index contributed by atoms with van der Waals surface area (Å²) in [6, 6.07) is 0.687. The van der Waals surface area contributed by atoms with Gasteiger partial charge in [-0.2, -0.15) is 0 Å². The van der Waals surface area contributed by atoms with Crippen molar-refractivity contribution in [2.24, 2.45) is 11.8 Å². The van der Waals surface area contributed by atoms with Crippen LogP contribution in [0.4, 0.5) is 0 Å². The molecule has 1 saturated heterocycles. The van der Waals surface area contributed by atoms with Crippen LogP contribution < -0.4 is 5.32 Å². The lowest BCUT2D eigenvalue weighted by Gasteiger charge is -2.22. The molecule has 2 rings (SSSR count). The zero-order valence-corrected chi connectivity index (χ0v) is 10.4. The molecule has 0 spiro atoms. The van der Waals surface area contributed by atoms with E-state index in [1.54, 1.807) is 0 Å². The summed E-state index contributed by atoms with van der Waals surface area (Å²) < 4.78 is 11.0. The van der Waals surface area contributed by atoms with Gasteiger partial charge in [0, 0.05) is 32.4 Å². The maximum atomic E-state index is 5.71. The van der Waals surface area contributed by atoms with Crippen molar-refractivity contribution in [2.45, 2.75) is 38.6 Å². The summed E-state index contributed by atoms with van der Waals surface area (Å²) in [5.74, 6) is 1.67. The Bertz CT molecular complexity index is 188. The van der Waals surface area contributed by atoms with Crippen molar-refractivity contribution in [3.05, 3.63) is 0 Å². The SMILES string of the molecule is CC(NCCOCC1CCOCC1)C1CC1. The molecule has 1 N–H and O–H groups in total. The fraction of sp³-hybridized carbons (Fsp3) is 1.00. The molecule has 0 amide bonds. The summed E-state index contributed by atoms with van der Waals surface area (Å²) in [6.07, 6.45) is 5.17. The third-order valence-electron chi connectivity index (χ3n) is 3.74. The predicted octanol–water partition coefficient (Wildman–Crippen LogP) is 1.82.